The topological polar surface area (TPSA) is 96.3 Å². The van der Waals surface area contributed by atoms with E-state index in [1.165, 1.54) is 12.1 Å². The van der Waals surface area contributed by atoms with Crippen molar-refractivity contribution >= 4 is 46.2 Å². The Balaban J connectivity index is 1.66. The number of nitrogens with one attached hydrogen (secondary N) is 3. The lowest BCUT2D eigenvalue weighted by Gasteiger charge is -2.10. The zero-order valence-electron chi connectivity index (χ0n) is 13.1. The average molecular weight is 383 g/mol. The van der Waals surface area contributed by atoms with Crippen LogP contribution in [0, 0.1) is 10.1 Å². The Bertz CT molecular complexity index is 754. The fraction of sp³-hybridized carbons (Fsp3) is 0.188. The third kappa shape index (κ3) is 6.13. The molecule has 2 rings (SSSR count). The van der Waals surface area contributed by atoms with Crippen LogP contribution in [0.3, 0.4) is 0 Å². The van der Waals surface area contributed by atoms with Crippen LogP contribution in [0.2, 0.25) is 10.0 Å². The number of anilines is 2. The van der Waals surface area contributed by atoms with E-state index in [9.17, 15) is 14.9 Å². The Labute approximate surface area is 154 Å². The predicted octanol–water partition coefficient (Wildman–Crippen LogP) is 4.24. The number of rotatable bonds is 8. The molecular formula is C16H16Cl2N4O3. The SMILES string of the molecule is O=C(CCCNc1ccc([N+](=O)[O-])cc1)NNc1ccc(Cl)c(Cl)c1. The van der Waals surface area contributed by atoms with Crippen molar-refractivity contribution < 1.29 is 9.72 Å². The highest BCUT2D eigenvalue weighted by molar-refractivity contribution is 6.42. The van der Waals surface area contributed by atoms with Gasteiger partial charge in [0.25, 0.3) is 5.69 Å². The van der Waals surface area contributed by atoms with Crippen LogP contribution in [-0.2, 0) is 4.79 Å². The van der Waals surface area contributed by atoms with E-state index in [0.29, 0.717) is 35.1 Å². The Hall–Kier alpha value is -2.51. The van der Waals surface area contributed by atoms with E-state index in [1.807, 2.05) is 0 Å². The molecule has 0 aliphatic heterocycles. The minimum Gasteiger partial charge on any atom is -0.385 e. The number of halogens is 2. The molecular weight excluding hydrogens is 367 g/mol. The number of non-ortho nitro benzene ring substituents is 1. The van der Waals surface area contributed by atoms with Gasteiger partial charge >= 0.3 is 0 Å². The maximum Gasteiger partial charge on any atom is 0.269 e. The van der Waals surface area contributed by atoms with Crippen LogP contribution in [0.25, 0.3) is 0 Å². The van der Waals surface area contributed by atoms with Crippen molar-refractivity contribution in [2.24, 2.45) is 0 Å². The van der Waals surface area contributed by atoms with Gasteiger partial charge in [0.05, 0.1) is 20.7 Å². The number of nitro groups is 1. The quantitative estimate of drug-likeness (QED) is 0.360. The van der Waals surface area contributed by atoms with Gasteiger partial charge < -0.3 is 5.32 Å². The molecule has 0 fully saturated rings. The molecule has 2 aromatic rings. The molecule has 25 heavy (non-hydrogen) atoms. The number of carbonyl (C=O) groups is 1. The first-order valence-electron chi connectivity index (χ1n) is 7.44. The van der Waals surface area contributed by atoms with E-state index in [1.54, 1.807) is 30.3 Å². The number of hydrogen-bond acceptors (Lipinski definition) is 5. The van der Waals surface area contributed by atoms with Gasteiger partial charge in [-0.3, -0.25) is 25.8 Å². The van der Waals surface area contributed by atoms with E-state index in [-0.39, 0.29) is 11.6 Å². The maximum atomic E-state index is 11.8. The third-order valence-corrected chi connectivity index (χ3v) is 3.99. The summed E-state index contributed by atoms with van der Waals surface area (Å²) in [5, 5.41) is 14.5. The fourth-order valence-corrected chi connectivity index (χ4v) is 2.26. The van der Waals surface area contributed by atoms with Crippen LogP contribution in [0.5, 0.6) is 0 Å². The molecule has 0 bridgehead atoms. The summed E-state index contributed by atoms with van der Waals surface area (Å²) in [5.74, 6) is -0.170. The van der Waals surface area contributed by atoms with Gasteiger partial charge in [0.1, 0.15) is 0 Å². The van der Waals surface area contributed by atoms with Crippen molar-refractivity contribution in [3.8, 4) is 0 Å². The summed E-state index contributed by atoms with van der Waals surface area (Å²) < 4.78 is 0. The number of amides is 1. The highest BCUT2D eigenvalue weighted by atomic mass is 35.5. The number of nitro benzene ring substituents is 1. The Morgan fingerprint density at radius 3 is 2.36 bits per heavy atom. The molecule has 0 saturated heterocycles. The first kappa shape index (κ1) is 18.8. The first-order chi connectivity index (χ1) is 12.0. The molecule has 0 aliphatic rings. The molecule has 9 heteroatoms. The number of hydrazine groups is 1. The molecule has 3 N–H and O–H groups in total. The molecule has 0 atom stereocenters. The van der Waals surface area contributed by atoms with Gasteiger partial charge in [-0.25, -0.2) is 0 Å². The van der Waals surface area contributed by atoms with Gasteiger partial charge in [-0.05, 0) is 36.8 Å². The second-order valence-corrected chi connectivity index (χ2v) is 5.95. The van der Waals surface area contributed by atoms with Crippen LogP contribution in [0.1, 0.15) is 12.8 Å². The zero-order valence-corrected chi connectivity index (χ0v) is 14.6. The van der Waals surface area contributed by atoms with Gasteiger partial charge in [-0.1, -0.05) is 23.2 Å². The molecule has 0 aliphatic carbocycles. The monoisotopic (exact) mass is 382 g/mol. The van der Waals surface area contributed by atoms with Crippen molar-refractivity contribution in [2.75, 3.05) is 17.3 Å². The molecule has 132 valence electrons. The van der Waals surface area contributed by atoms with Crippen molar-refractivity contribution in [1.82, 2.24) is 5.43 Å². The summed E-state index contributed by atoms with van der Waals surface area (Å²) in [5.41, 5.74) is 6.77. The van der Waals surface area contributed by atoms with Gasteiger partial charge in [0, 0.05) is 30.8 Å². The molecule has 2 aromatic carbocycles. The van der Waals surface area contributed by atoms with Crippen LogP contribution < -0.4 is 16.2 Å². The lowest BCUT2D eigenvalue weighted by atomic mass is 10.2. The predicted molar refractivity (Wildman–Crippen MR) is 99.0 cm³/mol. The second-order valence-electron chi connectivity index (χ2n) is 5.14. The van der Waals surface area contributed by atoms with E-state index in [4.69, 9.17) is 23.2 Å². The highest BCUT2D eigenvalue weighted by Gasteiger charge is 2.05. The summed E-state index contributed by atoms with van der Waals surface area (Å²) in [6.45, 7) is 0.567. The third-order valence-electron chi connectivity index (χ3n) is 3.25. The van der Waals surface area contributed by atoms with Crippen molar-refractivity contribution in [1.29, 1.82) is 0 Å². The number of carbonyl (C=O) groups excluding carboxylic acids is 1. The van der Waals surface area contributed by atoms with Crippen LogP contribution in [0.15, 0.2) is 42.5 Å². The van der Waals surface area contributed by atoms with Gasteiger partial charge in [-0.2, -0.15) is 0 Å². The normalized spacial score (nSPS) is 10.2. The van der Waals surface area contributed by atoms with E-state index >= 15 is 0 Å². The Morgan fingerprint density at radius 1 is 1.04 bits per heavy atom. The largest absolute Gasteiger partial charge is 0.385 e. The van der Waals surface area contributed by atoms with E-state index < -0.39 is 4.92 Å². The Kier molecular flexibility index (Phi) is 6.85. The molecule has 7 nitrogen and oxygen atoms in total. The van der Waals surface area contributed by atoms with E-state index in [2.05, 4.69) is 16.2 Å². The summed E-state index contributed by atoms with van der Waals surface area (Å²) in [4.78, 5) is 21.9. The van der Waals surface area contributed by atoms with E-state index in [0.717, 1.165) is 5.69 Å². The van der Waals surface area contributed by atoms with Crippen molar-refractivity contribution in [2.45, 2.75) is 12.8 Å². The number of nitrogens with zero attached hydrogens (tertiary/aromatic N) is 1. The molecule has 0 heterocycles. The lowest BCUT2D eigenvalue weighted by molar-refractivity contribution is -0.384. The van der Waals surface area contributed by atoms with Crippen LogP contribution in [0.4, 0.5) is 17.1 Å². The van der Waals surface area contributed by atoms with Crippen molar-refractivity contribution in [3.05, 3.63) is 62.6 Å². The first-order valence-corrected chi connectivity index (χ1v) is 8.19. The molecule has 0 aromatic heterocycles. The highest BCUT2D eigenvalue weighted by Crippen LogP contribution is 2.24. The number of hydrogen-bond donors (Lipinski definition) is 3. The fourth-order valence-electron chi connectivity index (χ4n) is 1.96. The summed E-state index contributed by atoms with van der Waals surface area (Å²) in [6, 6.07) is 11.1. The smallest absolute Gasteiger partial charge is 0.269 e. The second kappa shape index (κ2) is 9.10. The summed E-state index contributed by atoms with van der Waals surface area (Å²) in [6.07, 6.45) is 0.917. The van der Waals surface area contributed by atoms with Crippen LogP contribution >= 0.6 is 23.2 Å². The standard InChI is InChI=1S/C16H16Cl2N4O3/c17-14-8-5-12(10-15(14)18)20-21-16(23)2-1-9-19-11-3-6-13(7-4-11)22(24)25/h3-8,10,19-20H,1-2,9H2,(H,21,23). The van der Waals surface area contributed by atoms with Crippen LogP contribution in [-0.4, -0.2) is 17.4 Å². The maximum absolute atomic E-state index is 11.8. The summed E-state index contributed by atoms with van der Waals surface area (Å²) >= 11 is 11.7. The molecule has 0 radical (unpaired) electrons. The minimum atomic E-state index is -0.449. The Morgan fingerprint density at radius 2 is 1.72 bits per heavy atom. The zero-order chi connectivity index (χ0) is 18.2. The minimum absolute atomic E-state index is 0.0401. The van der Waals surface area contributed by atoms with Gasteiger partial charge in [0.15, 0.2) is 0 Å². The van der Waals surface area contributed by atoms with Gasteiger partial charge in [-0.15, -0.1) is 0 Å². The molecule has 0 saturated carbocycles. The lowest BCUT2D eigenvalue weighted by Crippen LogP contribution is -2.29. The van der Waals surface area contributed by atoms with Gasteiger partial charge in [0.2, 0.25) is 5.91 Å². The number of benzene rings is 2. The molecule has 0 unspecified atom stereocenters. The van der Waals surface area contributed by atoms with Crippen molar-refractivity contribution in [3.63, 3.8) is 0 Å². The molecule has 0 spiro atoms. The summed E-state index contributed by atoms with van der Waals surface area (Å²) in [7, 11) is 0. The average Bonchev–Trinajstić information content (AvgIpc) is 2.60. The molecule has 1 amide bonds.